The summed E-state index contributed by atoms with van der Waals surface area (Å²) in [6.07, 6.45) is 6.56. The van der Waals surface area contributed by atoms with E-state index in [4.69, 9.17) is 0 Å². The molecule has 1 amide bonds. The van der Waals surface area contributed by atoms with Crippen LogP contribution in [0.25, 0.3) is 0 Å². The van der Waals surface area contributed by atoms with Gasteiger partial charge in [-0.05, 0) is 62.4 Å². The van der Waals surface area contributed by atoms with Crippen molar-refractivity contribution in [1.82, 2.24) is 10.6 Å². The van der Waals surface area contributed by atoms with Crippen LogP contribution in [-0.2, 0) is 4.79 Å². The molecule has 0 saturated carbocycles. The van der Waals surface area contributed by atoms with Gasteiger partial charge in [-0.2, -0.15) is 0 Å². The van der Waals surface area contributed by atoms with E-state index in [1.54, 1.807) is 0 Å². The van der Waals surface area contributed by atoms with Crippen molar-refractivity contribution in [3.05, 3.63) is 0 Å². The van der Waals surface area contributed by atoms with Gasteiger partial charge in [-0.15, -0.1) is 12.4 Å². The van der Waals surface area contributed by atoms with Crippen LogP contribution in [0, 0.1) is 17.3 Å². The molecule has 3 nitrogen and oxygen atoms in total. The minimum absolute atomic E-state index is 0. The van der Waals surface area contributed by atoms with Crippen molar-refractivity contribution in [1.29, 1.82) is 0 Å². The van der Waals surface area contributed by atoms with Gasteiger partial charge in [0.05, 0.1) is 0 Å². The number of carbonyl (C=O) groups is 1. The molecule has 0 bridgehead atoms. The van der Waals surface area contributed by atoms with Crippen molar-refractivity contribution in [2.75, 3.05) is 19.6 Å². The van der Waals surface area contributed by atoms with E-state index in [1.165, 1.54) is 12.8 Å². The SMILES string of the molecule is CCC(CC)(CC)CNC(=O)CC(C)C1CCNCC1.Cl. The number of amides is 1. The van der Waals surface area contributed by atoms with Crippen LogP contribution < -0.4 is 10.6 Å². The number of carbonyl (C=O) groups excluding carboxylic acids is 1. The van der Waals surface area contributed by atoms with Crippen LogP contribution in [0.4, 0.5) is 0 Å². The molecule has 0 aromatic heterocycles. The van der Waals surface area contributed by atoms with Crippen molar-refractivity contribution in [3.8, 4) is 0 Å². The van der Waals surface area contributed by atoms with Gasteiger partial charge >= 0.3 is 0 Å². The molecule has 4 heteroatoms. The molecule has 1 unspecified atom stereocenters. The standard InChI is InChI=1S/C17H34N2O.ClH/c1-5-17(6-2,7-3)13-19-16(20)12-14(4)15-8-10-18-11-9-15;/h14-15,18H,5-13H2,1-4H3,(H,19,20);1H. The highest BCUT2D eigenvalue weighted by Crippen LogP contribution is 2.29. The summed E-state index contributed by atoms with van der Waals surface area (Å²) in [5.74, 6) is 1.47. The molecule has 2 N–H and O–H groups in total. The Hall–Kier alpha value is -0.280. The molecule has 0 aliphatic carbocycles. The fraction of sp³-hybridized carbons (Fsp3) is 0.941. The summed E-state index contributed by atoms with van der Waals surface area (Å²) in [6, 6.07) is 0. The summed E-state index contributed by atoms with van der Waals surface area (Å²) >= 11 is 0. The summed E-state index contributed by atoms with van der Waals surface area (Å²) in [5, 5.41) is 6.58. The summed E-state index contributed by atoms with van der Waals surface area (Å²) in [5.41, 5.74) is 0.299. The second-order valence-electron chi connectivity index (χ2n) is 6.61. The van der Waals surface area contributed by atoms with Crippen molar-refractivity contribution in [3.63, 3.8) is 0 Å². The Kier molecular flexibility index (Phi) is 10.3. The van der Waals surface area contributed by atoms with Crippen molar-refractivity contribution in [2.24, 2.45) is 17.3 Å². The normalized spacial score (nSPS) is 17.9. The van der Waals surface area contributed by atoms with E-state index < -0.39 is 0 Å². The van der Waals surface area contributed by atoms with Crippen LogP contribution in [0.5, 0.6) is 0 Å². The van der Waals surface area contributed by atoms with Crippen molar-refractivity contribution in [2.45, 2.75) is 66.2 Å². The van der Waals surface area contributed by atoms with Gasteiger partial charge < -0.3 is 10.6 Å². The van der Waals surface area contributed by atoms with Crippen LogP contribution in [-0.4, -0.2) is 25.5 Å². The molecule has 0 aromatic rings. The van der Waals surface area contributed by atoms with Gasteiger partial charge in [0.15, 0.2) is 0 Å². The molecule has 1 saturated heterocycles. The highest BCUT2D eigenvalue weighted by atomic mass is 35.5. The predicted molar refractivity (Wildman–Crippen MR) is 92.9 cm³/mol. The van der Waals surface area contributed by atoms with E-state index in [1.807, 2.05) is 0 Å². The molecule has 126 valence electrons. The lowest BCUT2D eigenvalue weighted by Gasteiger charge is -2.31. The summed E-state index contributed by atoms with van der Waals surface area (Å²) in [7, 11) is 0. The van der Waals surface area contributed by atoms with Gasteiger partial charge in [0.2, 0.25) is 5.91 Å². The molecule has 1 aliphatic rings. The third-order valence-corrected chi connectivity index (χ3v) is 5.61. The second kappa shape index (κ2) is 10.4. The summed E-state index contributed by atoms with van der Waals surface area (Å²) in [6.45, 7) is 12.0. The number of halogens is 1. The minimum atomic E-state index is 0. The maximum Gasteiger partial charge on any atom is 0.220 e. The number of hydrogen-bond donors (Lipinski definition) is 2. The van der Waals surface area contributed by atoms with Gasteiger partial charge in [-0.1, -0.05) is 27.7 Å². The van der Waals surface area contributed by atoms with Gasteiger partial charge in [-0.25, -0.2) is 0 Å². The highest BCUT2D eigenvalue weighted by molar-refractivity contribution is 5.85. The first-order valence-electron chi connectivity index (χ1n) is 8.54. The Balaban J connectivity index is 0.00000400. The Labute approximate surface area is 137 Å². The van der Waals surface area contributed by atoms with Gasteiger partial charge in [0, 0.05) is 13.0 Å². The fourth-order valence-corrected chi connectivity index (χ4v) is 3.36. The van der Waals surface area contributed by atoms with E-state index in [9.17, 15) is 4.79 Å². The quantitative estimate of drug-likeness (QED) is 0.715. The third-order valence-electron chi connectivity index (χ3n) is 5.61. The smallest absolute Gasteiger partial charge is 0.220 e. The molecule has 1 heterocycles. The average molecular weight is 319 g/mol. The van der Waals surface area contributed by atoms with Crippen molar-refractivity contribution >= 4 is 18.3 Å². The van der Waals surface area contributed by atoms with Crippen LogP contribution in [0.2, 0.25) is 0 Å². The van der Waals surface area contributed by atoms with Crippen LogP contribution >= 0.6 is 12.4 Å². The first kappa shape index (κ1) is 20.7. The Bertz CT molecular complexity index is 278. The number of rotatable bonds is 8. The molecular formula is C17H35ClN2O. The van der Waals surface area contributed by atoms with Crippen molar-refractivity contribution < 1.29 is 4.79 Å². The lowest BCUT2D eigenvalue weighted by Crippen LogP contribution is -2.38. The molecular weight excluding hydrogens is 284 g/mol. The molecule has 1 fully saturated rings. The molecule has 0 spiro atoms. The topological polar surface area (TPSA) is 41.1 Å². The average Bonchev–Trinajstić information content (AvgIpc) is 2.50. The highest BCUT2D eigenvalue weighted by Gasteiger charge is 2.26. The first-order chi connectivity index (χ1) is 9.56. The van der Waals surface area contributed by atoms with Gasteiger partial charge in [0.25, 0.3) is 0 Å². The molecule has 1 atom stereocenters. The van der Waals surface area contributed by atoms with E-state index in [2.05, 4.69) is 38.3 Å². The minimum Gasteiger partial charge on any atom is -0.356 e. The number of nitrogens with one attached hydrogen (secondary N) is 2. The van der Waals surface area contributed by atoms with E-state index in [-0.39, 0.29) is 18.3 Å². The van der Waals surface area contributed by atoms with Crippen LogP contribution in [0.15, 0.2) is 0 Å². The summed E-state index contributed by atoms with van der Waals surface area (Å²) in [4.78, 5) is 12.2. The monoisotopic (exact) mass is 318 g/mol. The Morgan fingerprint density at radius 3 is 2.19 bits per heavy atom. The van der Waals surface area contributed by atoms with E-state index in [0.29, 0.717) is 17.8 Å². The largest absolute Gasteiger partial charge is 0.356 e. The third kappa shape index (κ3) is 6.56. The predicted octanol–water partition coefficient (Wildman–Crippen LogP) is 3.77. The maximum atomic E-state index is 12.2. The first-order valence-corrected chi connectivity index (χ1v) is 8.54. The Morgan fingerprint density at radius 1 is 1.19 bits per heavy atom. The molecule has 21 heavy (non-hydrogen) atoms. The van der Waals surface area contributed by atoms with Crippen LogP contribution in [0.1, 0.15) is 66.2 Å². The Morgan fingerprint density at radius 2 is 1.71 bits per heavy atom. The van der Waals surface area contributed by atoms with E-state index in [0.717, 1.165) is 44.8 Å². The second-order valence-corrected chi connectivity index (χ2v) is 6.61. The lowest BCUT2D eigenvalue weighted by atomic mass is 9.79. The van der Waals surface area contributed by atoms with Gasteiger partial charge in [0.1, 0.15) is 0 Å². The molecule has 0 aromatic carbocycles. The zero-order chi connectivity index (χ0) is 15.0. The molecule has 1 aliphatic heterocycles. The van der Waals surface area contributed by atoms with Gasteiger partial charge in [-0.3, -0.25) is 4.79 Å². The van der Waals surface area contributed by atoms with Crippen LogP contribution in [0.3, 0.4) is 0 Å². The maximum absolute atomic E-state index is 12.2. The molecule has 0 radical (unpaired) electrons. The lowest BCUT2D eigenvalue weighted by molar-refractivity contribution is -0.122. The number of piperidine rings is 1. The zero-order valence-electron chi connectivity index (χ0n) is 14.3. The summed E-state index contributed by atoms with van der Waals surface area (Å²) < 4.78 is 0. The molecule has 1 rings (SSSR count). The number of hydrogen-bond acceptors (Lipinski definition) is 2. The van der Waals surface area contributed by atoms with E-state index >= 15 is 0 Å². The fourth-order valence-electron chi connectivity index (χ4n) is 3.36. The zero-order valence-corrected chi connectivity index (χ0v) is 15.2.